The zero-order valence-electron chi connectivity index (χ0n) is 11.8. The molecule has 0 aliphatic heterocycles. The third-order valence-electron chi connectivity index (χ3n) is 3.93. The minimum Gasteiger partial charge on any atom is -0.497 e. The molecule has 0 radical (unpaired) electrons. The van der Waals surface area contributed by atoms with Crippen molar-refractivity contribution in [2.45, 2.75) is 12.6 Å². The van der Waals surface area contributed by atoms with Crippen molar-refractivity contribution < 1.29 is 22.7 Å². The number of benzene rings is 2. The average molecular weight is 306 g/mol. The van der Waals surface area contributed by atoms with Gasteiger partial charge in [0.2, 0.25) is 0 Å². The molecule has 22 heavy (non-hydrogen) atoms. The second-order valence-corrected chi connectivity index (χ2v) is 5.23. The summed E-state index contributed by atoms with van der Waals surface area (Å²) in [5.74, 6) is -2.12. The Kier molecular flexibility index (Phi) is 3.43. The molecule has 0 bridgehead atoms. The van der Waals surface area contributed by atoms with E-state index in [0.717, 1.165) is 0 Å². The highest BCUT2D eigenvalue weighted by Gasteiger charge is 2.49. The molecule has 3 rings (SSSR count). The number of rotatable bonds is 2. The first-order valence-electron chi connectivity index (χ1n) is 6.79. The molecule has 0 N–H and O–H groups in total. The van der Waals surface area contributed by atoms with Crippen LogP contribution in [0, 0.1) is 5.92 Å². The lowest BCUT2D eigenvalue weighted by molar-refractivity contribution is -0.158. The second kappa shape index (κ2) is 5.16. The fourth-order valence-corrected chi connectivity index (χ4v) is 2.82. The Morgan fingerprint density at radius 3 is 2.36 bits per heavy atom. The zero-order chi connectivity index (χ0) is 15.9. The molecule has 0 amide bonds. The van der Waals surface area contributed by atoms with Crippen LogP contribution in [0.15, 0.2) is 42.5 Å². The zero-order valence-corrected chi connectivity index (χ0v) is 11.8. The lowest BCUT2D eigenvalue weighted by Crippen LogP contribution is -2.28. The van der Waals surface area contributed by atoms with Gasteiger partial charge in [-0.25, -0.2) is 0 Å². The van der Waals surface area contributed by atoms with Gasteiger partial charge in [-0.1, -0.05) is 30.3 Å². The summed E-state index contributed by atoms with van der Waals surface area (Å²) >= 11 is 0. The lowest BCUT2D eigenvalue weighted by Gasteiger charge is -2.12. The van der Waals surface area contributed by atoms with E-state index in [1.165, 1.54) is 7.11 Å². The van der Waals surface area contributed by atoms with Gasteiger partial charge in [0.1, 0.15) is 11.7 Å². The minimum atomic E-state index is -4.51. The largest absolute Gasteiger partial charge is 0.497 e. The van der Waals surface area contributed by atoms with Gasteiger partial charge in [-0.3, -0.25) is 4.79 Å². The maximum absolute atomic E-state index is 13.0. The minimum absolute atomic E-state index is 0.190. The monoisotopic (exact) mass is 306 g/mol. The van der Waals surface area contributed by atoms with E-state index in [1.54, 1.807) is 42.5 Å². The second-order valence-electron chi connectivity index (χ2n) is 5.23. The van der Waals surface area contributed by atoms with E-state index >= 15 is 0 Å². The number of methoxy groups -OCH3 is 1. The van der Waals surface area contributed by atoms with Crippen LogP contribution in [-0.2, 0) is 6.42 Å². The summed E-state index contributed by atoms with van der Waals surface area (Å²) in [6, 6.07) is 11.9. The molecule has 2 aromatic rings. The van der Waals surface area contributed by atoms with Crippen LogP contribution in [0.2, 0.25) is 0 Å². The SMILES string of the molecule is COc1ccc(-c2cccc3c2C(=O)C(C(F)(F)F)C3)cc1. The van der Waals surface area contributed by atoms with Crippen molar-refractivity contribution in [3.63, 3.8) is 0 Å². The molecule has 0 saturated heterocycles. The molecule has 1 atom stereocenters. The van der Waals surface area contributed by atoms with E-state index < -0.39 is 17.9 Å². The van der Waals surface area contributed by atoms with Gasteiger partial charge in [-0.15, -0.1) is 0 Å². The number of Topliss-reactive ketones (excluding diaryl/α,β-unsaturated/α-hetero) is 1. The first kappa shape index (κ1) is 14.6. The van der Waals surface area contributed by atoms with Crippen molar-refractivity contribution in [2.75, 3.05) is 7.11 Å². The highest BCUT2D eigenvalue weighted by atomic mass is 19.4. The molecule has 0 heterocycles. The molecule has 1 aliphatic carbocycles. The standard InChI is InChI=1S/C17H13F3O2/c1-22-12-7-5-10(6-8-12)13-4-2-3-11-9-14(17(18,19)20)16(21)15(11)13/h2-8,14H,9H2,1H3. The van der Waals surface area contributed by atoms with E-state index in [9.17, 15) is 18.0 Å². The molecule has 0 spiro atoms. The van der Waals surface area contributed by atoms with E-state index in [4.69, 9.17) is 4.74 Å². The normalized spacial score (nSPS) is 17.5. The molecular formula is C17H13F3O2. The Morgan fingerprint density at radius 2 is 1.77 bits per heavy atom. The fourth-order valence-electron chi connectivity index (χ4n) is 2.82. The van der Waals surface area contributed by atoms with Crippen LogP contribution < -0.4 is 4.74 Å². The van der Waals surface area contributed by atoms with Gasteiger partial charge in [-0.2, -0.15) is 13.2 Å². The number of carbonyl (C=O) groups is 1. The van der Waals surface area contributed by atoms with Crippen molar-refractivity contribution in [3.8, 4) is 16.9 Å². The van der Waals surface area contributed by atoms with Crippen molar-refractivity contribution >= 4 is 5.78 Å². The Balaban J connectivity index is 2.07. The smallest absolute Gasteiger partial charge is 0.399 e. The molecule has 5 heteroatoms. The van der Waals surface area contributed by atoms with Crippen LogP contribution in [0.3, 0.4) is 0 Å². The van der Waals surface area contributed by atoms with Gasteiger partial charge in [0.05, 0.1) is 7.11 Å². The van der Waals surface area contributed by atoms with Crippen molar-refractivity contribution in [3.05, 3.63) is 53.6 Å². The summed E-state index contributed by atoms with van der Waals surface area (Å²) in [6.45, 7) is 0. The maximum atomic E-state index is 13.0. The summed E-state index contributed by atoms with van der Waals surface area (Å²) in [5.41, 5.74) is 1.89. The number of ether oxygens (including phenoxy) is 1. The molecule has 2 aromatic carbocycles. The van der Waals surface area contributed by atoms with Gasteiger partial charge >= 0.3 is 6.18 Å². The van der Waals surface area contributed by atoms with Crippen molar-refractivity contribution in [2.24, 2.45) is 5.92 Å². The topological polar surface area (TPSA) is 26.3 Å². The summed E-state index contributed by atoms with van der Waals surface area (Å²) in [6.07, 6.45) is -4.78. The van der Waals surface area contributed by atoms with E-state index in [1.807, 2.05) is 0 Å². The van der Waals surface area contributed by atoms with Crippen LogP contribution in [-0.4, -0.2) is 19.1 Å². The Morgan fingerprint density at radius 1 is 1.09 bits per heavy atom. The van der Waals surface area contributed by atoms with E-state index in [0.29, 0.717) is 22.4 Å². The van der Waals surface area contributed by atoms with E-state index in [2.05, 4.69) is 0 Å². The Hall–Kier alpha value is -2.30. The number of halogens is 3. The van der Waals surface area contributed by atoms with Crippen molar-refractivity contribution in [1.29, 1.82) is 0 Å². The lowest BCUT2D eigenvalue weighted by atomic mass is 9.96. The molecule has 0 saturated carbocycles. The van der Waals surface area contributed by atoms with Crippen molar-refractivity contribution in [1.82, 2.24) is 0 Å². The predicted molar refractivity (Wildman–Crippen MR) is 76.0 cm³/mol. The van der Waals surface area contributed by atoms with Crippen LogP contribution >= 0.6 is 0 Å². The van der Waals surface area contributed by atoms with Gasteiger partial charge in [0.15, 0.2) is 5.78 Å². The number of hydrogen-bond acceptors (Lipinski definition) is 2. The molecule has 2 nitrogen and oxygen atoms in total. The van der Waals surface area contributed by atoms with Gasteiger partial charge in [0.25, 0.3) is 0 Å². The molecular weight excluding hydrogens is 293 g/mol. The van der Waals surface area contributed by atoms with Crippen LogP contribution in [0.4, 0.5) is 13.2 Å². The number of hydrogen-bond donors (Lipinski definition) is 0. The fraction of sp³-hybridized carbons (Fsp3) is 0.235. The Bertz CT molecular complexity index is 718. The molecule has 0 fully saturated rings. The highest BCUT2D eigenvalue weighted by Crippen LogP contribution is 2.41. The molecule has 1 unspecified atom stereocenters. The number of carbonyl (C=O) groups excluding carboxylic acids is 1. The van der Waals surface area contributed by atoms with Crippen LogP contribution in [0.1, 0.15) is 15.9 Å². The number of fused-ring (bicyclic) bond motifs is 1. The third kappa shape index (κ3) is 2.36. The highest BCUT2D eigenvalue weighted by molar-refractivity contribution is 6.08. The summed E-state index contributed by atoms with van der Waals surface area (Å²) in [7, 11) is 1.53. The van der Waals surface area contributed by atoms with Crippen LogP contribution in [0.5, 0.6) is 5.75 Å². The first-order valence-corrected chi connectivity index (χ1v) is 6.79. The van der Waals surface area contributed by atoms with Gasteiger partial charge in [0, 0.05) is 5.56 Å². The van der Waals surface area contributed by atoms with E-state index in [-0.39, 0.29) is 12.0 Å². The number of alkyl halides is 3. The summed E-state index contributed by atoms with van der Waals surface area (Å²) in [4.78, 5) is 12.2. The molecule has 114 valence electrons. The number of ketones is 1. The van der Waals surface area contributed by atoms with Crippen LogP contribution in [0.25, 0.3) is 11.1 Å². The summed E-state index contributed by atoms with van der Waals surface area (Å²) in [5, 5.41) is 0. The maximum Gasteiger partial charge on any atom is 0.399 e. The van der Waals surface area contributed by atoms with Gasteiger partial charge < -0.3 is 4.74 Å². The van der Waals surface area contributed by atoms with Gasteiger partial charge in [-0.05, 0) is 35.2 Å². The molecule has 1 aliphatic rings. The first-order chi connectivity index (χ1) is 10.4. The quantitative estimate of drug-likeness (QED) is 0.828. The molecule has 0 aromatic heterocycles. The third-order valence-corrected chi connectivity index (χ3v) is 3.93. The summed E-state index contributed by atoms with van der Waals surface area (Å²) < 4.78 is 44.0. The average Bonchev–Trinajstić information content (AvgIpc) is 2.85. The Labute approximate surface area is 125 Å². The predicted octanol–water partition coefficient (Wildman–Crippen LogP) is 4.28.